The van der Waals surface area contributed by atoms with Gasteiger partial charge in [0.05, 0.1) is 29.4 Å². The smallest absolute Gasteiger partial charge is 0.320 e. The number of carbonyl (C=O) groups is 2. The lowest BCUT2D eigenvalue weighted by atomic mass is 9.87. The van der Waals surface area contributed by atoms with Crippen LogP contribution in [-0.2, 0) is 0 Å². The normalized spacial score (nSPS) is 15.9. The number of hydrogen-bond acceptors (Lipinski definition) is 3. The van der Waals surface area contributed by atoms with Gasteiger partial charge in [-0.25, -0.2) is 4.79 Å². The summed E-state index contributed by atoms with van der Waals surface area (Å²) in [5, 5.41) is 6.09. The van der Waals surface area contributed by atoms with Gasteiger partial charge in [0.25, 0.3) is 0 Å². The average molecular weight is 419 g/mol. The highest BCUT2D eigenvalue weighted by Gasteiger charge is 2.34. The molecule has 0 aliphatic carbocycles. The molecule has 0 fully saturated rings. The highest BCUT2D eigenvalue weighted by atomic mass is 35.5. The first kappa shape index (κ1) is 19.7. The van der Waals surface area contributed by atoms with Gasteiger partial charge >= 0.3 is 6.03 Å². The molecule has 4 rings (SSSR count). The molecule has 1 atom stereocenters. The van der Waals surface area contributed by atoms with E-state index in [1.54, 1.807) is 30.3 Å². The second-order valence-corrected chi connectivity index (χ2v) is 7.18. The molecule has 2 amide bonds. The van der Waals surface area contributed by atoms with E-state index in [1.807, 2.05) is 48.5 Å². The van der Waals surface area contributed by atoms with E-state index in [2.05, 4.69) is 10.6 Å². The summed E-state index contributed by atoms with van der Waals surface area (Å²) in [5.74, 6) is 0.336. The molecule has 1 aliphatic heterocycles. The molecule has 0 radical (unpaired) electrons. The molecule has 1 unspecified atom stereocenters. The van der Waals surface area contributed by atoms with Gasteiger partial charge in [-0.1, -0.05) is 78.3 Å². The first-order valence-corrected chi connectivity index (χ1v) is 9.76. The average Bonchev–Trinajstić information content (AvgIpc) is 2.79. The minimum atomic E-state index is -0.676. The summed E-state index contributed by atoms with van der Waals surface area (Å²) in [5.41, 5.74) is 2.88. The van der Waals surface area contributed by atoms with Crippen molar-refractivity contribution in [1.82, 2.24) is 10.6 Å². The van der Waals surface area contributed by atoms with Crippen LogP contribution < -0.4 is 15.4 Å². The molecule has 0 saturated heterocycles. The number of amides is 2. The molecule has 2 N–H and O–H groups in total. The maximum Gasteiger partial charge on any atom is 0.320 e. The van der Waals surface area contributed by atoms with Crippen molar-refractivity contribution in [2.75, 3.05) is 7.11 Å². The van der Waals surface area contributed by atoms with Crippen LogP contribution in [0, 0.1) is 0 Å². The van der Waals surface area contributed by atoms with Crippen molar-refractivity contribution in [2.24, 2.45) is 0 Å². The minimum Gasteiger partial charge on any atom is -0.495 e. The predicted molar refractivity (Wildman–Crippen MR) is 117 cm³/mol. The first-order chi connectivity index (χ1) is 14.6. The number of hydrogen-bond donors (Lipinski definition) is 2. The van der Waals surface area contributed by atoms with Crippen molar-refractivity contribution < 1.29 is 14.3 Å². The Hall–Kier alpha value is -3.57. The van der Waals surface area contributed by atoms with Crippen LogP contribution in [0.4, 0.5) is 4.79 Å². The Morgan fingerprint density at radius 2 is 1.63 bits per heavy atom. The summed E-state index contributed by atoms with van der Waals surface area (Å²) in [7, 11) is 1.53. The fourth-order valence-corrected chi connectivity index (χ4v) is 3.77. The molecule has 150 valence electrons. The lowest BCUT2D eigenvalue weighted by Crippen LogP contribution is -2.45. The summed E-state index contributed by atoms with van der Waals surface area (Å²) >= 11 is 6.33. The van der Waals surface area contributed by atoms with E-state index in [0.29, 0.717) is 33.2 Å². The number of methoxy groups -OCH3 is 1. The van der Waals surface area contributed by atoms with Crippen molar-refractivity contribution in [2.45, 2.75) is 6.04 Å². The number of ether oxygens (including phenoxy) is 1. The quantitative estimate of drug-likeness (QED) is 0.573. The number of carbonyl (C=O) groups excluding carboxylic acids is 2. The Labute approximate surface area is 179 Å². The van der Waals surface area contributed by atoms with E-state index < -0.39 is 12.1 Å². The molecule has 3 aromatic rings. The number of benzene rings is 3. The minimum absolute atomic E-state index is 0.182. The summed E-state index contributed by atoms with van der Waals surface area (Å²) in [6, 6.07) is 22.5. The topological polar surface area (TPSA) is 67.4 Å². The van der Waals surface area contributed by atoms with Crippen LogP contribution in [-0.4, -0.2) is 18.9 Å². The molecule has 1 heterocycles. The Morgan fingerprint density at radius 1 is 0.967 bits per heavy atom. The number of ketones is 1. The number of urea groups is 1. The molecule has 30 heavy (non-hydrogen) atoms. The van der Waals surface area contributed by atoms with Crippen molar-refractivity contribution in [1.29, 1.82) is 0 Å². The van der Waals surface area contributed by atoms with Crippen molar-refractivity contribution in [3.05, 3.63) is 106 Å². The Balaban J connectivity index is 1.92. The molecule has 0 bridgehead atoms. The molecule has 1 aliphatic rings. The zero-order valence-corrected chi connectivity index (χ0v) is 16.9. The fourth-order valence-electron chi connectivity index (χ4n) is 3.50. The van der Waals surface area contributed by atoms with Gasteiger partial charge < -0.3 is 15.4 Å². The van der Waals surface area contributed by atoms with Gasteiger partial charge in [0, 0.05) is 5.56 Å². The van der Waals surface area contributed by atoms with E-state index in [1.165, 1.54) is 7.11 Å². The van der Waals surface area contributed by atoms with Gasteiger partial charge in [-0.3, -0.25) is 4.79 Å². The number of nitrogens with one attached hydrogen (secondary N) is 2. The van der Waals surface area contributed by atoms with Crippen LogP contribution in [0.5, 0.6) is 5.75 Å². The van der Waals surface area contributed by atoms with Crippen molar-refractivity contribution in [3.8, 4) is 5.75 Å². The highest BCUT2D eigenvalue weighted by Crippen LogP contribution is 2.36. The molecular formula is C24H19ClN2O3. The monoisotopic (exact) mass is 418 g/mol. The molecule has 5 nitrogen and oxygen atoms in total. The number of rotatable bonds is 5. The Morgan fingerprint density at radius 3 is 2.27 bits per heavy atom. The summed E-state index contributed by atoms with van der Waals surface area (Å²) in [6.07, 6.45) is 0. The highest BCUT2D eigenvalue weighted by molar-refractivity contribution is 6.32. The van der Waals surface area contributed by atoms with Gasteiger partial charge in [0.1, 0.15) is 5.75 Å². The van der Waals surface area contributed by atoms with E-state index in [9.17, 15) is 9.59 Å². The maximum absolute atomic E-state index is 13.6. The van der Waals surface area contributed by atoms with Crippen LogP contribution in [0.2, 0.25) is 5.02 Å². The lowest BCUT2D eigenvalue weighted by Gasteiger charge is -2.30. The predicted octanol–water partition coefficient (Wildman–Crippen LogP) is 5.00. The molecular weight excluding hydrogens is 400 g/mol. The standard InChI is InChI=1S/C24H19ClN2O3/c1-30-19-13-12-17(14-18(19)25)22-20(23(28)16-10-6-3-7-11-16)21(26-24(29)27-22)15-8-4-2-5-9-15/h2-14,22H,1H3,(H2,26,27,29). The third kappa shape index (κ3) is 3.80. The van der Waals surface area contributed by atoms with Crippen molar-refractivity contribution >= 4 is 29.1 Å². The Bertz CT molecular complexity index is 1130. The molecule has 3 aromatic carbocycles. The molecule has 6 heteroatoms. The largest absolute Gasteiger partial charge is 0.495 e. The molecule has 0 spiro atoms. The van der Waals surface area contributed by atoms with Crippen LogP contribution >= 0.6 is 11.6 Å². The number of Topliss-reactive ketones (excluding diaryl/α,β-unsaturated/α-hetero) is 1. The van der Waals surface area contributed by atoms with Crippen LogP contribution in [0.25, 0.3) is 5.70 Å². The van der Waals surface area contributed by atoms with E-state index in [-0.39, 0.29) is 5.78 Å². The second-order valence-electron chi connectivity index (χ2n) is 6.78. The van der Waals surface area contributed by atoms with Gasteiger partial charge in [-0.15, -0.1) is 0 Å². The zero-order chi connectivity index (χ0) is 21.1. The second kappa shape index (κ2) is 8.43. The van der Waals surface area contributed by atoms with E-state index >= 15 is 0 Å². The van der Waals surface area contributed by atoms with Gasteiger partial charge in [-0.2, -0.15) is 0 Å². The third-order valence-electron chi connectivity index (χ3n) is 4.92. The van der Waals surface area contributed by atoms with Crippen molar-refractivity contribution in [3.63, 3.8) is 0 Å². The van der Waals surface area contributed by atoms with E-state index in [4.69, 9.17) is 16.3 Å². The van der Waals surface area contributed by atoms with Crippen LogP contribution in [0.1, 0.15) is 27.5 Å². The number of halogens is 1. The van der Waals surface area contributed by atoms with E-state index in [0.717, 1.165) is 5.56 Å². The zero-order valence-electron chi connectivity index (χ0n) is 16.2. The molecule has 0 aromatic heterocycles. The fraction of sp³-hybridized carbons (Fsp3) is 0.0833. The summed E-state index contributed by atoms with van der Waals surface area (Å²) in [6.45, 7) is 0. The SMILES string of the molecule is COc1ccc(C2NC(=O)NC(c3ccccc3)=C2C(=O)c2ccccc2)cc1Cl. The van der Waals surface area contributed by atoms with Gasteiger partial charge in [-0.05, 0) is 23.3 Å². The Kier molecular flexibility index (Phi) is 5.55. The lowest BCUT2D eigenvalue weighted by molar-refractivity contribution is 0.102. The summed E-state index contributed by atoms with van der Waals surface area (Å²) in [4.78, 5) is 26.1. The van der Waals surface area contributed by atoms with Gasteiger partial charge in [0.2, 0.25) is 0 Å². The first-order valence-electron chi connectivity index (χ1n) is 9.39. The molecule has 0 saturated carbocycles. The van der Waals surface area contributed by atoms with Gasteiger partial charge in [0.15, 0.2) is 5.78 Å². The van der Waals surface area contributed by atoms with Crippen LogP contribution in [0.15, 0.2) is 84.4 Å². The maximum atomic E-state index is 13.6. The summed E-state index contributed by atoms with van der Waals surface area (Å²) < 4.78 is 5.23. The van der Waals surface area contributed by atoms with Crippen LogP contribution in [0.3, 0.4) is 0 Å². The third-order valence-corrected chi connectivity index (χ3v) is 5.22.